The number of likely N-dealkylation sites (N-methyl/N-ethyl adjacent to an activating group) is 1. The van der Waals surface area contributed by atoms with Crippen LogP contribution in [0.4, 0.5) is 0 Å². The molecule has 0 spiro atoms. The van der Waals surface area contributed by atoms with Crippen LogP contribution in [0, 0.1) is 0 Å². The number of hydrogen-bond acceptors (Lipinski definition) is 4. The molecule has 7 nitrogen and oxygen atoms in total. The fourth-order valence-corrected chi connectivity index (χ4v) is 6.19. The first kappa shape index (κ1) is 32.6. The fraction of sp³-hybridized carbons (Fsp3) is 0.308. The Morgan fingerprint density at radius 3 is 2.00 bits per heavy atom. The molecule has 0 aliphatic carbocycles. The molecule has 4 aromatic carbocycles. The third-order valence-corrected chi connectivity index (χ3v) is 8.67. The summed E-state index contributed by atoms with van der Waals surface area (Å²) in [6, 6.07) is 37.3. The smallest absolute Gasteiger partial charge is 0.253 e. The second kappa shape index (κ2) is 16.5. The number of amides is 3. The molecule has 2 N–H and O–H groups in total. The first-order valence-corrected chi connectivity index (χ1v) is 16.3. The van der Waals surface area contributed by atoms with E-state index in [0.29, 0.717) is 38.0 Å². The lowest BCUT2D eigenvalue weighted by atomic mass is 10.0. The average molecular weight is 617 g/mol. The van der Waals surface area contributed by atoms with E-state index in [1.165, 1.54) is 0 Å². The third kappa shape index (κ3) is 8.92. The summed E-state index contributed by atoms with van der Waals surface area (Å²) < 4.78 is 0. The normalized spacial score (nSPS) is 14.9. The zero-order chi connectivity index (χ0) is 32.1. The molecule has 1 aliphatic heterocycles. The van der Waals surface area contributed by atoms with Gasteiger partial charge in [-0.15, -0.1) is 0 Å². The molecule has 7 heteroatoms. The van der Waals surface area contributed by atoms with E-state index in [4.69, 9.17) is 0 Å². The van der Waals surface area contributed by atoms with E-state index < -0.39 is 6.04 Å². The van der Waals surface area contributed by atoms with Crippen molar-refractivity contribution in [3.05, 3.63) is 132 Å². The molecular weight excluding hydrogens is 572 g/mol. The zero-order valence-corrected chi connectivity index (χ0v) is 26.6. The predicted molar refractivity (Wildman–Crippen MR) is 183 cm³/mol. The lowest BCUT2D eigenvalue weighted by Gasteiger charge is -2.33. The van der Waals surface area contributed by atoms with Crippen molar-refractivity contribution in [2.75, 3.05) is 33.2 Å². The number of benzene rings is 4. The maximum atomic E-state index is 14.1. The van der Waals surface area contributed by atoms with Crippen LogP contribution in [0.2, 0.25) is 0 Å². The van der Waals surface area contributed by atoms with Crippen molar-refractivity contribution in [3.63, 3.8) is 0 Å². The summed E-state index contributed by atoms with van der Waals surface area (Å²) in [6.07, 6.45) is 3.57. The molecule has 0 radical (unpaired) electrons. The minimum Gasteiger partial charge on any atom is -0.343 e. The van der Waals surface area contributed by atoms with Gasteiger partial charge < -0.3 is 20.4 Å². The predicted octanol–water partition coefficient (Wildman–Crippen LogP) is 5.37. The molecule has 0 aromatic heterocycles. The Bertz CT molecular complexity index is 1540. The molecule has 1 aliphatic rings. The van der Waals surface area contributed by atoms with Gasteiger partial charge in [-0.1, -0.05) is 103 Å². The topological polar surface area (TPSA) is 81.8 Å². The largest absolute Gasteiger partial charge is 0.343 e. The van der Waals surface area contributed by atoms with Gasteiger partial charge in [-0.05, 0) is 73.5 Å². The Morgan fingerprint density at radius 2 is 1.37 bits per heavy atom. The highest BCUT2D eigenvalue weighted by Gasteiger charge is 2.35. The number of nitrogens with zero attached hydrogens (tertiary/aromatic N) is 2. The Morgan fingerprint density at radius 1 is 0.783 bits per heavy atom. The van der Waals surface area contributed by atoms with Crippen molar-refractivity contribution in [2.24, 2.45) is 0 Å². The van der Waals surface area contributed by atoms with E-state index in [1.807, 2.05) is 101 Å². The summed E-state index contributed by atoms with van der Waals surface area (Å²) >= 11 is 0. The van der Waals surface area contributed by atoms with Crippen LogP contribution in [0.15, 0.2) is 115 Å². The van der Waals surface area contributed by atoms with Gasteiger partial charge in [0.05, 0.1) is 6.54 Å². The average Bonchev–Trinajstić information content (AvgIpc) is 3.57. The van der Waals surface area contributed by atoms with E-state index in [0.717, 1.165) is 41.5 Å². The van der Waals surface area contributed by atoms with Crippen molar-refractivity contribution >= 4 is 17.7 Å². The highest BCUT2D eigenvalue weighted by molar-refractivity contribution is 5.95. The maximum Gasteiger partial charge on any atom is 0.253 e. The number of likely N-dealkylation sites (tertiary alicyclic amines) is 1. The molecule has 2 unspecified atom stereocenters. The summed E-state index contributed by atoms with van der Waals surface area (Å²) in [5.41, 5.74) is 5.07. The Labute approximate surface area is 272 Å². The molecule has 238 valence electrons. The standard InChI is InChI=1S/C39H44N4O3/c1-40-28-37(44)41-36(24-19-30-12-5-2-6-13-30)39(46)43-26-11-18-35(43)29-42(27-25-31-14-7-3-8-15-31)38(45)34-22-20-33(21-23-34)32-16-9-4-10-17-32/h2-10,12-17,20-23,35-36,40H,11,18-19,24-29H2,1H3,(H,41,44). The van der Waals surface area contributed by atoms with Gasteiger partial charge in [-0.2, -0.15) is 0 Å². The van der Waals surface area contributed by atoms with Gasteiger partial charge in [0.2, 0.25) is 11.8 Å². The molecule has 3 amide bonds. The van der Waals surface area contributed by atoms with Gasteiger partial charge >= 0.3 is 0 Å². The fourth-order valence-electron chi connectivity index (χ4n) is 6.19. The minimum absolute atomic E-state index is 0.0437. The molecule has 0 bridgehead atoms. The quantitative estimate of drug-likeness (QED) is 0.200. The maximum absolute atomic E-state index is 14.1. The van der Waals surface area contributed by atoms with Crippen LogP contribution >= 0.6 is 0 Å². The van der Waals surface area contributed by atoms with Gasteiger partial charge in [-0.25, -0.2) is 0 Å². The molecule has 2 atom stereocenters. The van der Waals surface area contributed by atoms with Crippen molar-refractivity contribution < 1.29 is 14.4 Å². The molecule has 1 heterocycles. The molecule has 0 saturated carbocycles. The number of carbonyl (C=O) groups is 3. The lowest BCUT2D eigenvalue weighted by Crippen LogP contribution is -2.53. The summed E-state index contributed by atoms with van der Waals surface area (Å²) in [7, 11) is 1.72. The molecule has 46 heavy (non-hydrogen) atoms. The van der Waals surface area contributed by atoms with E-state index in [-0.39, 0.29) is 30.3 Å². The van der Waals surface area contributed by atoms with Crippen molar-refractivity contribution in [3.8, 4) is 11.1 Å². The minimum atomic E-state index is -0.638. The summed E-state index contributed by atoms with van der Waals surface area (Å²) in [6.45, 7) is 1.73. The SMILES string of the molecule is CNCC(=O)NC(CCc1ccccc1)C(=O)N1CCCC1CN(CCc1ccccc1)C(=O)c1ccc(-c2ccccc2)cc1. The monoisotopic (exact) mass is 616 g/mol. The van der Waals surface area contributed by atoms with Gasteiger partial charge in [0.25, 0.3) is 5.91 Å². The zero-order valence-electron chi connectivity index (χ0n) is 26.6. The summed E-state index contributed by atoms with van der Waals surface area (Å²) in [5.74, 6) is -0.327. The second-order valence-electron chi connectivity index (χ2n) is 11.9. The number of nitrogens with one attached hydrogen (secondary N) is 2. The number of hydrogen-bond donors (Lipinski definition) is 2. The first-order chi connectivity index (χ1) is 22.5. The van der Waals surface area contributed by atoms with Crippen LogP contribution in [-0.2, 0) is 22.4 Å². The lowest BCUT2D eigenvalue weighted by molar-refractivity contribution is -0.137. The summed E-state index contributed by atoms with van der Waals surface area (Å²) in [4.78, 5) is 44.6. The highest BCUT2D eigenvalue weighted by Crippen LogP contribution is 2.24. The van der Waals surface area contributed by atoms with Crippen molar-refractivity contribution in [2.45, 2.75) is 44.2 Å². The number of carbonyl (C=O) groups excluding carboxylic acids is 3. The van der Waals surface area contributed by atoms with E-state index in [2.05, 4.69) is 34.9 Å². The van der Waals surface area contributed by atoms with Crippen LogP contribution in [0.25, 0.3) is 11.1 Å². The van der Waals surface area contributed by atoms with E-state index >= 15 is 0 Å². The Balaban J connectivity index is 1.33. The van der Waals surface area contributed by atoms with Crippen LogP contribution < -0.4 is 10.6 Å². The molecule has 4 aromatic rings. The van der Waals surface area contributed by atoms with Crippen LogP contribution in [0.5, 0.6) is 0 Å². The van der Waals surface area contributed by atoms with Crippen LogP contribution in [-0.4, -0.2) is 72.8 Å². The first-order valence-electron chi connectivity index (χ1n) is 16.3. The molecule has 1 fully saturated rings. The second-order valence-corrected chi connectivity index (χ2v) is 11.9. The molecular formula is C39H44N4O3. The van der Waals surface area contributed by atoms with Gasteiger partial charge in [-0.3, -0.25) is 14.4 Å². The Hall–Kier alpha value is -4.75. The highest BCUT2D eigenvalue weighted by atomic mass is 16.2. The van der Waals surface area contributed by atoms with Gasteiger partial charge in [0.15, 0.2) is 0 Å². The van der Waals surface area contributed by atoms with Crippen molar-refractivity contribution in [1.29, 1.82) is 0 Å². The van der Waals surface area contributed by atoms with Crippen LogP contribution in [0.1, 0.15) is 40.7 Å². The summed E-state index contributed by atoms with van der Waals surface area (Å²) in [5, 5.41) is 5.86. The van der Waals surface area contributed by atoms with E-state index in [1.54, 1.807) is 7.05 Å². The Kier molecular flexibility index (Phi) is 11.7. The third-order valence-electron chi connectivity index (χ3n) is 8.67. The van der Waals surface area contributed by atoms with Crippen LogP contribution in [0.3, 0.4) is 0 Å². The molecule has 5 rings (SSSR count). The van der Waals surface area contributed by atoms with E-state index in [9.17, 15) is 14.4 Å². The number of aryl methyl sites for hydroxylation is 1. The molecule has 1 saturated heterocycles. The van der Waals surface area contributed by atoms with Gasteiger partial charge in [0, 0.05) is 31.2 Å². The number of rotatable bonds is 14. The van der Waals surface area contributed by atoms with Gasteiger partial charge in [0.1, 0.15) is 6.04 Å². The van der Waals surface area contributed by atoms with Crippen molar-refractivity contribution in [1.82, 2.24) is 20.4 Å².